The number of nitrogens with one attached hydrogen (secondary N) is 2. The molecular formula is C48H64N7O9PSi. The Kier molecular flexibility index (Phi) is 16.3. The summed E-state index contributed by atoms with van der Waals surface area (Å²) in [6.45, 7) is 20.5. The number of anilines is 1. The van der Waals surface area contributed by atoms with Crippen molar-refractivity contribution in [3.63, 3.8) is 0 Å². The molecule has 0 aliphatic carbocycles. The van der Waals surface area contributed by atoms with Gasteiger partial charge >= 0.3 is 0 Å². The molecular weight excluding hydrogens is 878 g/mol. The molecule has 354 valence electrons. The summed E-state index contributed by atoms with van der Waals surface area (Å²) in [4.78, 5) is 37.4. The van der Waals surface area contributed by atoms with Crippen LogP contribution in [0.15, 0.2) is 90.0 Å². The van der Waals surface area contributed by atoms with Gasteiger partial charge in [-0.25, -0.2) is 9.65 Å². The van der Waals surface area contributed by atoms with Crippen LogP contribution in [-0.4, -0.2) is 96.2 Å². The number of ether oxygens (including phenoxy) is 4. The summed E-state index contributed by atoms with van der Waals surface area (Å²) in [6.07, 6.45) is -1.88. The number of amides is 1. The van der Waals surface area contributed by atoms with E-state index in [1.54, 1.807) is 18.8 Å². The predicted octanol–water partition coefficient (Wildman–Crippen LogP) is 9.05. The molecule has 66 heavy (non-hydrogen) atoms. The van der Waals surface area contributed by atoms with Crippen molar-refractivity contribution in [1.82, 2.24) is 24.2 Å². The Bertz CT molecular complexity index is 2430. The van der Waals surface area contributed by atoms with E-state index in [9.17, 15) is 14.9 Å². The zero-order valence-corrected chi connectivity index (χ0v) is 41.9. The highest BCUT2D eigenvalue weighted by Crippen LogP contribution is 2.53. The SMILES string of the molecule is COc1ccc(C(OC[C@H]2O[C@@H](n3cnc4c(=O)[nH]c(NC(C)=O)nc43)[C@H](O[Si](C)(C)C(C)(C)C)[C@@H]2O[P@@](OCCC#N)N(C(C)C)C(C)C)(c2ccccc2)c2ccc(OC)cc2)cc1. The molecule has 0 radical (unpaired) electrons. The van der Waals surface area contributed by atoms with E-state index in [2.05, 4.69) is 92.6 Å². The summed E-state index contributed by atoms with van der Waals surface area (Å²) in [5.74, 6) is 0.913. The van der Waals surface area contributed by atoms with Crippen molar-refractivity contribution >= 4 is 39.9 Å². The number of carbonyl (C=O) groups is 1. The lowest BCUT2D eigenvalue weighted by Gasteiger charge is -2.42. The fourth-order valence-corrected chi connectivity index (χ4v) is 10.9. The normalized spacial score (nSPS) is 18.5. The second-order valence-corrected chi connectivity index (χ2v) is 24.4. The number of nitrogens with zero attached hydrogens (tertiary/aromatic N) is 5. The standard InChI is InChI=1S/C48H64N7O9PSi/c1-31(2)55(32(3)4)65(61-28-16-27-49)63-41-39(29-60-48(34-17-14-13-15-18-34,35-19-23-37(58-9)24-20-35)36-21-25-38(59-10)26-22-36)62-45(42(41)64-66(11,12)47(6,7)8)54-30-50-40-43(54)52-46(51-33(5)56)53-44(40)57/h13-15,17-26,30-32,39,41-42,45H,16,28-29H2,1-12H3,(H2,51,52,53,56,57)/t39-,41-,42-,45-,65-/m1/s1. The second-order valence-electron chi connectivity index (χ2n) is 18.3. The summed E-state index contributed by atoms with van der Waals surface area (Å²) >= 11 is 0. The van der Waals surface area contributed by atoms with E-state index in [1.807, 2.05) is 78.9 Å². The molecule has 1 saturated heterocycles. The van der Waals surface area contributed by atoms with Crippen molar-refractivity contribution in [3.05, 3.63) is 112 Å². The van der Waals surface area contributed by atoms with Crippen molar-refractivity contribution in [2.45, 2.75) is 122 Å². The van der Waals surface area contributed by atoms with Gasteiger partial charge in [0.1, 0.15) is 35.4 Å². The predicted molar refractivity (Wildman–Crippen MR) is 257 cm³/mol. The Balaban J connectivity index is 1.59. The van der Waals surface area contributed by atoms with Crippen LogP contribution >= 0.6 is 8.53 Å². The zero-order valence-electron chi connectivity index (χ0n) is 40.0. The zero-order chi connectivity index (χ0) is 48.0. The first kappa shape index (κ1) is 50.4. The van der Waals surface area contributed by atoms with E-state index < -0.39 is 58.5 Å². The molecule has 18 heteroatoms. The summed E-state index contributed by atoms with van der Waals surface area (Å²) in [6, 6.07) is 27.7. The molecule has 1 aliphatic heterocycles. The highest BCUT2D eigenvalue weighted by Gasteiger charge is 2.54. The van der Waals surface area contributed by atoms with Crippen molar-refractivity contribution in [2.24, 2.45) is 0 Å². The van der Waals surface area contributed by atoms with Crippen LogP contribution in [0.3, 0.4) is 0 Å². The lowest BCUT2D eigenvalue weighted by Crippen LogP contribution is -2.50. The van der Waals surface area contributed by atoms with Gasteiger partial charge in [0.15, 0.2) is 25.7 Å². The smallest absolute Gasteiger partial charge is 0.280 e. The number of hydrogen-bond donors (Lipinski definition) is 2. The van der Waals surface area contributed by atoms with Crippen LogP contribution in [0.4, 0.5) is 5.95 Å². The molecule has 1 fully saturated rings. The van der Waals surface area contributed by atoms with Gasteiger partial charge in [-0.05, 0) is 86.8 Å². The first-order valence-electron chi connectivity index (χ1n) is 22.2. The Morgan fingerprint density at radius 3 is 2.03 bits per heavy atom. The molecule has 3 aromatic carbocycles. The van der Waals surface area contributed by atoms with Gasteiger partial charge in [0.05, 0.1) is 46.3 Å². The van der Waals surface area contributed by atoms with Gasteiger partial charge < -0.3 is 32.4 Å². The van der Waals surface area contributed by atoms with E-state index in [-0.39, 0.29) is 53.9 Å². The number of aromatic nitrogens is 4. The molecule has 0 saturated carbocycles. The lowest BCUT2D eigenvalue weighted by molar-refractivity contribution is -0.114. The van der Waals surface area contributed by atoms with E-state index in [1.165, 1.54) is 13.3 Å². The molecule has 6 rings (SSSR count). The Labute approximate surface area is 390 Å². The number of H-pyrrole nitrogens is 1. The van der Waals surface area contributed by atoms with Crippen LogP contribution in [0.5, 0.6) is 11.5 Å². The maximum Gasteiger partial charge on any atom is 0.280 e. The number of aromatic amines is 1. The van der Waals surface area contributed by atoms with Gasteiger partial charge in [-0.15, -0.1) is 0 Å². The van der Waals surface area contributed by atoms with Crippen LogP contribution in [-0.2, 0) is 33.3 Å². The Morgan fingerprint density at radius 1 is 0.939 bits per heavy atom. The van der Waals surface area contributed by atoms with Gasteiger partial charge in [0.2, 0.25) is 11.9 Å². The van der Waals surface area contributed by atoms with E-state index >= 15 is 0 Å². The third kappa shape index (κ3) is 10.9. The minimum atomic E-state index is -2.69. The average Bonchev–Trinajstić information content (AvgIpc) is 3.84. The van der Waals surface area contributed by atoms with E-state index in [0.717, 1.165) is 16.7 Å². The number of hydrogen-bond acceptors (Lipinski definition) is 13. The fourth-order valence-electron chi connectivity index (χ4n) is 7.85. The number of imidazole rings is 1. The number of benzene rings is 3. The summed E-state index contributed by atoms with van der Waals surface area (Å²) in [7, 11) is -1.28. The molecule has 5 aromatic rings. The van der Waals surface area contributed by atoms with E-state index in [4.69, 9.17) is 32.4 Å². The molecule has 0 bridgehead atoms. The van der Waals surface area contributed by atoms with Gasteiger partial charge in [0.25, 0.3) is 14.1 Å². The number of rotatable bonds is 20. The maximum absolute atomic E-state index is 13.5. The summed E-state index contributed by atoms with van der Waals surface area (Å²) in [5.41, 5.74) is 0.952. The molecule has 1 aliphatic rings. The number of nitriles is 1. The molecule has 1 amide bonds. The molecule has 16 nitrogen and oxygen atoms in total. The van der Waals surface area contributed by atoms with Gasteiger partial charge in [0, 0.05) is 19.0 Å². The first-order chi connectivity index (χ1) is 31.3. The third-order valence-electron chi connectivity index (χ3n) is 12.0. The minimum absolute atomic E-state index is 0.0117. The third-order valence-corrected chi connectivity index (χ3v) is 18.6. The highest BCUT2D eigenvalue weighted by atomic mass is 31.2. The van der Waals surface area contributed by atoms with Crippen molar-refractivity contribution < 1.29 is 37.2 Å². The average molecular weight is 942 g/mol. The lowest BCUT2D eigenvalue weighted by atomic mass is 9.80. The second kappa shape index (κ2) is 21.3. The van der Waals surface area contributed by atoms with Crippen LogP contribution in [0.25, 0.3) is 11.2 Å². The molecule has 2 N–H and O–H groups in total. The summed E-state index contributed by atoms with van der Waals surface area (Å²) in [5, 5.41) is 11.9. The quantitative estimate of drug-likeness (QED) is 0.0326. The topological polar surface area (TPSA) is 184 Å². The first-order valence-corrected chi connectivity index (χ1v) is 26.2. The van der Waals surface area contributed by atoms with Crippen molar-refractivity contribution in [3.8, 4) is 17.6 Å². The van der Waals surface area contributed by atoms with Gasteiger partial charge in [-0.2, -0.15) is 10.2 Å². The molecule has 0 spiro atoms. The monoisotopic (exact) mass is 941 g/mol. The largest absolute Gasteiger partial charge is 0.497 e. The van der Waals surface area contributed by atoms with Gasteiger partial charge in [-0.3, -0.25) is 24.5 Å². The van der Waals surface area contributed by atoms with Crippen LogP contribution < -0.4 is 20.3 Å². The van der Waals surface area contributed by atoms with E-state index in [0.29, 0.717) is 11.5 Å². The number of carbonyl (C=O) groups excluding carboxylic acids is 1. The highest BCUT2D eigenvalue weighted by molar-refractivity contribution is 7.44. The Hall–Kier alpha value is -5.02. The maximum atomic E-state index is 13.5. The van der Waals surface area contributed by atoms with Gasteiger partial charge in [-0.1, -0.05) is 75.4 Å². The molecule has 2 aromatic heterocycles. The van der Waals surface area contributed by atoms with Crippen molar-refractivity contribution in [1.29, 1.82) is 5.26 Å². The fraction of sp³-hybridized carbons (Fsp3) is 0.479. The van der Waals surface area contributed by atoms with Crippen molar-refractivity contribution in [2.75, 3.05) is 32.8 Å². The molecule has 3 heterocycles. The number of fused-ring (bicyclic) bond motifs is 1. The molecule has 5 atom stereocenters. The molecule has 0 unspecified atom stereocenters. The van der Waals surface area contributed by atoms with Crippen LogP contribution in [0, 0.1) is 11.3 Å². The van der Waals surface area contributed by atoms with Crippen LogP contribution in [0.2, 0.25) is 18.1 Å². The number of methoxy groups -OCH3 is 2. The van der Waals surface area contributed by atoms with Crippen LogP contribution in [0.1, 0.15) is 84.7 Å². The Morgan fingerprint density at radius 2 is 1.52 bits per heavy atom. The summed E-state index contributed by atoms with van der Waals surface area (Å²) < 4.78 is 51.1. The minimum Gasteiger partial charge on any atom is -0.497 e.